The molecule has 0 heterocycles. The number of Topliss-reactive ketones (excluding diaryl/α,β-unsaturated/α-hetero) is 1. The standard InChI is InChI=1S/C17H18O3/c1-3-11-17(16(19)20-4-2)12-7-9-13-8-5-6-10-14(13)15(17)18/h1,5-6,8,10H,4,7,9,11-12H2,2H3. The maximum atomic E-state index is 12.9. The molecule has 20 heavy (non-hydrogen) atoms. The van der Waals surface area contributed by atoms with Crippen molar-refractivity contribution in [3.8, 4) is 12.3 Å². The molecule has 1 aliphatic carbocycles. The topological polar surface area (TPSA) is 43.4 Å². The van der Waals surface area contributed by atoms with Crippen molar-refractivity contribution in [1.82, 2.24) is 0 Å². The summed E-state index contributed by atoms with van der Waals surface area (Å²) in [4.78, 5) is 25.2. The summed E-state index contributed by atoms with van der Waals surface area (Å²) in [6, 6.07) is 7.43. The van der Waals surface area contributed by atoms with E-state index in [0.29, 0.717) is 12.0 Å². The molecule has 0 fully saturated rings. The van der Waals surface area contributed by atoms with E-state index in [-0.39, 0.29) is 18.8 Å². The number of hydrogen-bond donors (Lipinski definition) is 0. The van der Waals surface area contributed by atoms with Crippen LogP contribution in [-0.2, 0) is 16.0 Å². The number of rotatable bonds is 3. The van der Waals surface area contributed by atoms with Crippen LogP contribution in [0.5, 0.6) is 0 Å². The Kier molecular flexibility index (Phi) is 4.24. The highest BCUT2D eigenvalue weighted by Crippen LogP contribution is 2.38. The lowest BCUT2D eigenvalue weighted by Crippen LogP contribution is -2.40. The van der Waals surface area contributed by atoms with E-state index in [1.807, 2.05) is 18.2 Å². The third kappa shape index (κ3) is 2.34. The van der Waals surface area contributed by atoms with E-state index in [1.54, 1.807) is 13.0 Å². The zero-order valence-electron chi connectivity index (χ0n) is 11.6. The zero-order chi connectivity index (χ0) is 14.6. The summed E-state index contributed by atoms with van der Waals surface area (Å²) in [5, 5.41) is 0. The van der Waals surface area contributed by atoms with Crippen molar-refractivity contribution in [2.75, 3.05) is 6.61 Å². The van der Waals surface area contributed by atoms with Crippen LogP contribution < -0.4 is 0 Å². The van der Waals surface area contributed by atoms with Crippen LogP contribution in [0.15, 0.2) is 24.3 Å². The Balaban J connectivity index is 2.50. The van der Waals surface area contributed by atoms with Crippen molar-refractivity contribution in [3.63, 3.8) is 0 Å². The van der Waals surface area contributed by atoms with Gasteiger partial charge in [-0.2, -0.15) is 0 Å². The molecule has 1 atom stereocenters. The molecule has 3 heteroatoms. The number of aryl methyl sites for hydroxylation is 1. The van der Waals surface area contributed by atoms with E-state index in [0.717, 1.165) is 18.4 Å². The van der Waals surface area contributed by atoms with Gasteiger partial charge in [0.2, 0.25) is 0 Å². The Morgan fingerprint density at radius 1 is 1.45 bits per heavy atom. The molecule has 0 radical (unpaired) electrons. The Hall–Kier alpha value is -2.08. The lowest BCUT2D eigenvalue weighted by atomic mass is 9.75. The average molecular weight is 270 g/mol. The van der Waals surface area contributed by atoms with E-state index >= 15 is 0 Å². The third-order valence-corrected chi connectivity index (χ3v) is 3.82. The first kappa shape index (κ1) is 14.3. The molecular weight excluding hydrogens is 252 g/mol. The normalized spacial score (nSPS) is 21.5. The van der Waals surface area contributed by atoms with Gasteiger partial charge in [0.05, 0.1) is 6.61 Å². The van der Waals surface area contributed by atoms with Gasteiger partial charge in [-0.15, -0.1) is 12.3 Å². The molecule has 3 nitrogen and oxygen atoms in total. The first-order chi connectivity index (χ1) is 9.65. The fourth-order valence-corrected chi connectivity index (χ4v) is 2.79. The smallest absolute Gasteiger partial charge is 0.320 e. The van der Waals surface area contributed by atoms with E-state index in [1.165, 1.54) is 0 Å². The molecule has 0 aromatic heterocycles. The van der Waals surface area contributed by atoms with Crippen molar-refractivity contribution in [1.29, 1.82) is 0 Å². The van der Waals surface area contributed by atoms with Gasteiger partial charge in [-0.05, 0) is 31.7 Å². The van der Waals surface area contributed by atoms with Crippen molar-refractivity contribution in [3.05, 3.63) is 35.4 Å². The van der Waals surface area contributed by atoms with Crippen LogP contribution in [0.3, 0.4) is 0 Å². The summed E-state index contributed by atoms with van der Waals surface area (Å²) in [6.07, 6.45) is 7.48. The molecule has 0 bridgehead atoms. The molecule has 1 aromatic rings. The van der Waals surface area contributed by atoms with Gasteiger partial charge in [-0.3, -0.25) is 9.59 Å². The molecule has 0 N–H and O–H groups in total. The number of fused-ring (bicyclic) bond motifs is 1. The number of carbonyl (C=O) groups is 2. The van der Waals surface area contributed by atoms with E-state index in [4.69, 9.17) is 11.2 Å². The predicted octanol–water partition coefficient (Wildman–Crippen LogP) is 2.78. The van der Waals surface area contributed by atoms with E-state index in [9.17, 15) is 9.59 Å². The molecule has 1 aromatic carbocycles. The second-order valence-electron chi connectivity index (χ2n) is 5.02. The highest BCUT2D eigenvalue weighted by Gasteiger charge is 2.48. The van der Waals surface area contributed by atoms with Gasteiger partial charge in [0.25, 0.3) is 0 Å². The second-order valence-corrected chi connectivity index (χ2v) is 5.02. The number of ketones is 1. The highest BCUT2D eigenvalue weighted by molar-refractivity contribution is 6.13. The minimum Gasteiger partial charge on any atom is -0.465 e. The molecule has 0 saturated carbocycles. The van der Waals surface area contributed by atoms with Gasteiger partial charge in [-0.25, -0.2) is 0 Å². The summed E-state index contributed by atoms with van der Waals surface area (Å²) >= 11 is 0. The number of esters is 1. The van der Waals surface area contributed by atoms with Gasteiger partial charge in [0, 0.05) is 12.0 Å². The average Bonchev–Trinajstić information content (AvgIpc) is 2.59. The lowest BCUT2D eigenvalue weighted by molar-refractivity contribution is -0.152. The van der Waals surface area contributed by atoms with E-state index < -0.39 is 11.4 Å². The molecule has 0 spiro atoms. The summed E-state index contributed by atoms with van der Waals surface area (Å²) in [5.74, 6) is 1.81. The monoisotopic (exact) mass is 270 g/mol. The molecule has 0 amide bonds. The van der Waals surface area contributed by atoms with Crippen LogP contribution >= 0.6 is 0 Å². The summed E-state index contributed by atoms with van der Waals surface area (Å²) < 4.78 is 5.12. The van der Waals surface area contributed by atoms with Crippen molar-refractivity contribution in [2.45, 2.75) is 32.6 Å². The van der Waals surface area contributed by atoms with Crippen LogP contribution in [-0.4, -0.2) is 18.4 Å². The quantitative estimate of drug-likeness (QED) is 0.367. The van der Waals surface area contributed by atoms with Crippen LogP contribution in [0, 0.1) is 17.8 Å². The van der Waals surface area contributed by atoms with Crippen LogP contribution in [0.1, 0.15) is 42.1 Å². The van der Waals surface area contributed by atoms with Gasteiger partial charge in [0.15, 0.2) is 5.78 Å². The largest absolute Gasteiger partial charge is 0.465 e. The fraction of sp³-hybridized carbons (Fsp3) is 0.412. The van der Waals surface area contributed by atoms with Crippen molar-refractivity contribution >= 4 is 11.8 Å². The lowest BCUT2D eigenvalue weighted by Gasteiger charge is -2.26. The molecule has 2 rings (SSSR count). The Bertz CT molecular complexity index is 568. The zero-order valence-corrected chi connectivity index (χ0v) is 11.6. The van der Waals surface area contributed by atoms with Gasteiger partial charge < -0.3 is 4.74 Å². The SMILES string of the molecule is C#CCC1(C(=O)OCC)CCCc2ccccc2C1=O. The number of hydrogen-bond acceptors (Lipinski definition) is 3. The molecule has 0 aliphatic heterocycles. The molecular formula is C17H18O3. The van der Waals surface area contributed by atoms with Crippen LogP contribution in [0.25, 0.3) is 0 Å². The Labute approximate surface area is 119 Å². The molecule has 104 valence electrons. The molecule has 1 aliphatic rings. The number of terminal acetylenes is 1. The first-order valence-electron chi connectivity index (χ1n) is 6.89. The minimum absolute atomic E-state index is 0.0962. The predicted molar refractivity (Wildman–Crippen MR) is 76.2 cm³/mol. The minimum atomic E-state index is -1.21. The summed E-state index contributed by atoms with van der Waals surface area (Å²) in [6.45, 7) is 1.98. The fourth-order valence-electron chi connectivity index (χ4n) is 2.79. The third-order valence-electron chi connectivity index (χ3n) is 3.82. The van der Waals surface area contributed by atoms with Crippen LogP contribution in [0.4, 0.5) is 0 Å². The highest BCUT2D eigenvalue weighted by atomic mass is 16.5. The van der Waals surface area contributed by atoms with Gasteiger partial charge in [-0.1, -0.05) is 24.3 Å². The maximum Gasteiger partial charge on any atom is 0.320 e. The van der Waals surface area contributed by atoms with Crippen molar-refractivity contribution in [2.24, 2.45) is 5.41 Å². The Morgan fingerprint density at radius 2 is 2.20 bits per heavy atom. The maximum absolute atomic E-state index is 12.9. The van der Waals surface area contributed by atoms with Gasteiger partial charge in [0.1, 0.15) is 5.41 Å². The Morgan fingerprint density at radius 3 is 2.90 bits per heavy atom. The first-order valence-corrected chi connectivity index (χ1v) is 6.89. The molecule has 0 saturated heterocycles. The van der Waals surface area contributed by atoms with Gasteiger partial charge >= 0.3 is 5.97 Å². The summed E-state index contributed by atoms with van der Waals surface area (Å²) in [5.41, 5.74) is 0.381. The molecule has 1 unspecified atom stereocenters. The summed E-state index contributed by atoms with van der Waals surface area (Å²) in [7, 11) is 0. The number of benzene rings is 1. The number of carbonyl (C=O) groups excluding carboxylic acids is 2. The van der Waals surface area contributed by atoms with Crippen molar-refractivity contribution < 1.29 is 14.3 Å². The second kappa shape index (κ2) is 5.92. The van der Waals surface area contributed by atoms with Crippen LogP contribution in [0.2, 0.25) is 0 Å². The van der Waals surface area contributed by atoms with E-state index in [2.05, 4.69) is 5.92 Å². The number of ether oxygens (including phenoxy) is 1.